The monoisotopic (exact) mass is 502 g/mol. The van der Waals surface area contributed by atoms with Gasteiger partial charge in [-0.05, 0) is 56.5 Å². The Morgan fingerprint density at radius 3 is 2.43 bits per heavy atom. The van der Waals surface area contributed by atoms with Gasteiger partial charge in [0.2, 0.25) is 0 Å². The van der Waals surface area contributed by atoms with Gasteiger partial charge in [-0.1, -0.05) is 12.5 Å². The van der Waals surface area contributed by atoms with Crippen LogP contribution in [0.15, 0.2) is 23.2 Å². The zero-order valence-electron chi connectivity index (χ0n) is 17.8. The summed E-state index contributed by atoms with van der Waals surface area (Å²) in [5, 5.41) is 3.61. The molecule has 1 atom stereocenters. The lowest BCUT2D eigenvalue weighted by Crippen LogP contribution is -2.45. The van der Waals surface area contributed by atoms with Crippen molar-refractivity contribution in [2.45, 2.75) is 31.7 Å². The van der Waals surface area contributed by atoms with E-state index < -0.39 is 0 Å². The maximum atomic E-state index is 5.48. The number of nitrogens with zero attached hydrogens (tertiary/aromatic N) is 3. The van der Waals surface area contributed by atoms with Crippen LogP contribution in [-0.4, -0.2) is 70.8 Å². The Hall–Kier alpha value is -1.22. The molecule has 1 aliphatic heterocycles. The summed E-state index contributed by atoms with van der Waals surface area (Å²) in [5.41, 5.74) is 1.76. The zero-order chi connectivity index (χ0) is 19.4. The van der Waals surface area contributed by atoms with Crippen LogP contribution >= 0.6 is 24.0 Å². The average molecular weight is 502 g/mol. The third-order valence-electron chi connectivity index (χ3n) is 6.23. The van der Waals surface area contributed by atoms with Crippen molar-refractivity contribution in [2.75, 3.05) is 55.0 Å². The van der Waals surface area contributed by atoms with Crippen molar-refractivity contribution in [3.8, 4) is 11.5 Å². The zero-order valence-corrected chi connectivity index (χ0v) is 20.2. The molecule has 0 aromatic heterocycles. The molecule has 0 bridgehead atoms. The molecule has 1 saturated heterocycles. The van der Waals surface area contributed by atoms with Gasteiger partial charge in [0.05, 0.1) is 20.3 Å². The Morgan fingerprint density at radius 2 is 1.93 bits per heavy atom. The van der Waals surface area contributed by atoms with E-state index in [4.69, 9.17) is 9.47 Å². The number of guanidine groups is 1. The van der Waals surface area contributed by atoms with Gasteiger partial charge in [-0.3, -0.25) is 4.99 Å². The van der Waals surface area contributed by atoms with E-state index >= 15 is 0 Å². The Labute approximate surface area is 186 Å². The number of hydrogen-bond donors (Lipinski definition) is 1. The minimum Gasteiger partial charge on any atom is -0.493 e. The number of halogens is 1. The molecule has 1 spiro atoms. The summed E-state index contributed by atoms with van der Waals surface area (Å²) in [4.78, 5) is 9.20. The standard InChI is InChI=1S/C21H34N4O2.HI/c1-22-20(25-12-11-21(15-25)9-6-10-21)23-14-17(24(2)3)16-7-8-18(26-4)19(13-16)27-5;/h7-8,13,17H,6,9-12,14-15H2,1-5H3,(H,22,23);1H. The molecule has 2 aliphatic rings. The molecule has 1 N–H and O–H groups in total. The summed E-state index contributed by atoms with van der Waals surface area (Å²) >= 11 is 0. The minimum absolute atomic E-state index is 0. The van der Waals surface area contributed by atoms with Crippen molar-refractivity contribution in [3.05, 3.63) is 23.8 Å². The van der Waals surface area contributed by atoms with E-state index in [2.05, 4.69) is 46.3 Å². The van der Waals surface area contributed by atoms with Crippen molar-refractivity contribution >= 4 is 29.9 Å². The molecule has 2 fully saturated rings. The number of benzene rings is 1. The second-order valence-corrected chi connectivity index (χ2v) is 8.05. The molecule has 3 rings (SSSR count). The second-order valence-electron chi connectivity index (χ2n) is 8.05. The molecule has 1 unspecified atom stereocenters. The first-order chi connectivity index (χ1) is 13.0. The summed E-state index contributed by atoms with van der Waals surface area (Å²) < 4.78 is 10.9. The van der Waals surface area contributed by atoms with Gasteiger partial charge in [0.15, 0.2) is 17.5 Å². The number of nitrogens with one attached hydrogen (secondary N) is 1. The van der Waals surface area contributed by atoms with Gasteiger partial charge in [-0.25, -0.2) is 0 Å². The fourth-order valence-corrected chi connectivity index (χ4v) is 4.38. The Bertz CT molecular complexity index is 676. The van der Waals surface area contributed by atoms with Gasteiger partial charge < -0.3 is 24.6 Å². The molecule has 1 aliphatic carbocycles. The van der Waals surface area contributed by atoms with Crippen LogP contribution in [0.2, 0.25) is 0 Å². The van der Waals surface area contributed by atoms with Gasteiger partial charge in [0.25, 0.3) is 0 Å². The summed E-state index contributed by atoms with van der Waals surface area (Å²) in [6.07, 6.45) is 5.46. The number of rotatable bonds is 6. The quantitative estimate of drug-likeness (QED) is 0.367. The average Bonchev–Trinajstić information content (AvgIpc) is 3.10. The van der Waals surface area contributed by atoms with E-state index in [1.807, 2.05) is 13.1 Å². The van der Waals surface area contributed by atoms with Crippen LogP contribution in [0.4, 0.5) is 0 Å². The van der Waals surface area contributed by atoms with Crippen LogP contribution in [-0.2, 0) is 0 Å². The van der Waals surface area contributed by atoms with Gasteiger partial charge >= 0.3 is 0 Å². The third-order valence-corrected chi connectivity index (χ3v) is 6.23. The van der Waals surface area contributed by atoms with E-state index in [0.29, 0.717) is 5.41 Å². The van der Waals surface area contributed by atoms with Crippen molar-refractivity contribution < 1.29 is 9.47 Å². The highest BCUT2D eigenvalue weighted by atomic mass is 127. The lowest BCUT2D eigenvalue weighted by atomic mass is 9.68. The van der Waals surface area contributed by atoms with Crippen molar-refractivity contribution in [1.82, 2.24) is 15.1 Å². The van der Waals surface area contributed by atoms with E-state index in [-0.39, 0.29) is 30.0 Å². The molecule has 7 heteroatoms. The maximum absolute atomic E-state index is 5.48. The number of methoxy groups -OCH3 is 2. The summed E-state index contributed by atoms with van der Waals surface area (Å²) in [6.45, 7) is 3.05. The predicted octanol–water partition coefficient (Wildman–Crippen LogP) is 3.38. The number of likely N-dealkylation sites (tertiary alicyclic amines) is 1. The Morgan fingerprint density at radius 1 is 1.21 bits per heavy atom. The molecule has 1 aromatic rings. The predicted molar refractivity (Wildman–Crippen MR) is 125 cm³/mol. The number of likely N-dealkylation sites (N-methyl/N-ethyl adjacent to an activating group) is 1. The molecule has 1 saturated carbocycles. The third kappa shape index (κ3) is 4.84. The first-order valence-corrected chi connectivity index (χ1v) is 9.86. The number of aliphatic imine (C=N–C) groups is 1. The smallest absolute Gasteiger partial charge is 0.193 e. The van der Waals surface area contributed by atoms with E-state index in [1.165, 1.54) is 31.2 Å². The van der Waals surface area contributed by atoms with Crippen LogP contribution in [0, 0.1) is 5.41 Å². The highest BCUT2D eigenvalue weighted by Crippen LogP contribution is 2.47. The molecule has 1 heterocycles. The molecule has 158 valence electrons. The van der Waals surface area contributed by atoms with Crippen molar-refractivity contribution in [2.24, 2.45) is 10.4 Å². The fourth-order valence-electron chi connectivity index (χ4n) is 4.38. The van der Waals surface area contributed by atoms with Gasteiger partial charge in [0, 0.05) is 26.7 Å². The molecule has 6 nitrogen and oxygen atoms in total. The Balaban J connectivity index is 0.00000280. The summed E-state index contributed by atoms with van der Waals surface area (Å²) in [6, 6.07) is 6.35. The van der Waals surface area contributed by atoms with Crippen molar-refractivity contribution in [3.63, 3.8) is 0 Å². The van der Waals surface area contributed by atoms with E-state index in [1.54, 1.807) is 14.2 Å². The van der Waals surface area contributed by atoms with Crippen LogP contribution < -0.4 is 14.8 Å². The lowest BCUT2D eigenvalue weighted by Gasteiger charge is -2.38. The molecule has 0 radical (unpaired) electrons. The fraction of sp³-hybridized carbons (Fsp3) is 0.667. The van der Waals surface area contributed by atoms with Crippen LogP contribution in [0.25, 0.3) is 0 Å². The molecule has 28 heavy (non-hydrogen) atoms. The SMILES string of the molecule is CN=C(NCC(c1ccc(OC)c(OC)c1)N(C)C)N1CCC2(CCC2)C1.I. The van der Waals surface area contributed by atoms with Crippen LogP contribution in [0.1, 0.15) is 37.3 Å². The number of ether oxygens (including phenoxy) is 2. The van der Waals surface area contributed by atoms with E-state index in [9.17, 15) is 0 Å². The lowest BCUT2D eigenvalue weighted by molar-refractivity contribution is 0.151. The summed E-state index contributed by atoms with van der Waals surface area (Å²) in [5.74, 6) is 2.54. The normalized spacial score (nSPS) is 19.2. The maximum Gasteiger partial charge on any atom is 0.193 e. The number of hydrogen-bond acceptors (Lipinski definition) is 4. The van der Waals surface area contributed by atoms with Gasteiger partial charge in [0.1, 0.15) is 0 Å². The molecular formula is C21H35IN4O2. The first kappa shape index (κ1) is 23.1. The summed E-state index contributed by atoms with van der Waals surface area (Å²) in [7, 11) is 9.43. The second kappa shape index (κ2) is 10.0. The molecule has 0 amide bonds. The van der Waals surface area contributed by atoms with Gasteiger partial charge in [-0.2, -0.15) is 0 Å². The highest BCUT2D eigenvalue weighted by Gasteiger charge is 2.43. The van der Waals surface area contributed by atoms with E-state index in [0.717, 1.165) is 37.1 Å². The Kier molecular flexibility index (Phi) is 8.24. The van der Waals surface area contributed by atoms with Gasteiger partial charge in [-0.15, -0.1) is 24.0 Å². The largest absolute Gasteiger partial charge is 0.493 e. The minimum atomic E-state index is 0. The topological polar surface area (TPSA) is 49.3 Å². The van der Waals surface area contributed by atoms with Crippen LogP contribution in [0.5, 0.6) is 11.5 Å². The highest BCUT2D eigenvalue weighted by molar-refractivity contribution is 14.0. The molecule has 1 aromatic carbocycles. The first-order valence-electron chi connectivity index (χ1n) is 9.86. The molecular weight excluding hydrogens is 467 g/mol. The van der Waals surface area contributed by atoms with Crippen molar-refractivity contribution in [1.29, 1.82) is 0 Å². The van der Waals surface area contributed by atoms with Crippen LogP contribution in [0.3, 0.4) is 0 Å².